The number of benzene rings is 1. The Labute approximate surface area is 165 Å². The zero-order chi connectivity index (χ0) is 17.1. The Morgan fingerprint density at radius 2 is 1.92 bits per heavy atom. The van der Waals surface area contributed by atoms with Gasteiger partial charge >= 0.3 is 0 Å². The first-order valence-electron chi connectivity index (χ1n) is 8.65. The molecule has 1 aromatic rings. The molecule has 1 aromatic carbocycles. The number of likely N-dealkylation sites (tertiary alicyclic amines) is 1. The number of hydrogen-bond donors (Lipinski definition) is 1. The molecule has 1 amide bonds. The van der Waals surface area contributed by atoms with Gasteiger partial charge in [0.25, 0.3) is 5.91 Å². The molecular weight excluding hydrogens is 383 g/mol. The van der Waals surface area contributed by atoms with E-state index < -0.39 is 0 Å². The molecule has 2 atom stereocenters. The van der Waals surface area contributed by atoms with Crippen LogP contribution in [0.4, 0.5) is 0 Å². The summed E-state index contributed by atoms with van der Waals surface area (Å²) >= 11 is 12.3. The predicted octanol–water partition coefficient (Wildman–Crippen LogP) is 3.70. The van der Waals surface area contributed by atoms with Crippen molar-refractivity contribution >= 4 is 41.5 Å². The molecule has 2 fully saturated rings. The number of carbonyl (C=O) groups excluding carboxylic acids is 1. The van der Waals surface area contributed by atoms with E-state index in [9.17, 15) is 4.79 Å². The molecule has 0 radical (unpaired) electrons. The molecule has 2 heterocycles. The van der Waals surface area contributed by atoms with Crippen LogP contribution in [0.1, 0.15) is 31.2 Å². The van der Waals surface area contributed by atoms with Gasteiger partial charge in [0.15, 0.2) is 0 Å². The van der Waals surface area contributed by atoms with Gasteiger partial charge in [-0.2, -0.15) is 0 Å². The first-order chi connectivity index (χ1) is 11.6. The van der Waals surface area contributed by atoms with Crippen molar-refractivity contribution in [3.05, 3.63) is 33.8 Å². The fourth-order valence-electron chi connectivity index (χ4n) is 3.63. The third-order valence-corrected chi connectivity index (χ3v) is 5.69. The van der Waals surface area contributed by atoms with Gasteiger partial charge in [0, 0.05) is 29.7 Å². The minimum Gasteiger partial charge on any atom is -0.364 e. The highest BCUT2D eigenvalue weighted by Gasteiger charge is 2.34. The molecule has 2 N–H and O–H groups in total. The summed E-state index contributed by atoms with van der Waals surface area (Å²) in [7, 11) is 0. The lowest BCUT2D eigenvalue weighted by atomic mass is 9.90. The van der Waals surface area contributed by atoms with Crippen molar-refractivity contribution in [2.24, 2.45) is 11.7 Å². The second-order valence-electron chi connectivity index (χ2n) is 6.77. The molecule has 7 heteroatoms. The van der Waals surface area contributed by atoms with Crippen molar-refractivity contribution in [3.8, 4) is 0 Å². The quantitative estimate of drug-likeness (QED) is 0.828. The van der Waals surface area contributed by atoms with E-state index in [1.54, 1.807) is 0 Å². The molecule has 25 heavy (non-hydrogen) atoms. The number of carbonyl (C=O) groups is 1. The topological polar surface area (TPSA) is 55.6 Å². The Balaban J connectivity index is 0.00000225. The number of halogens is 3. The third-order valence-electron chi connectivity index (χ3n) is 5.09. The Morgan fingerprint density at radius 3 is 2.56 bits per heavy atom. The third kappa shape index (κ3) is 5.24. The van der Waals surface area contributed by atoms with Crippen molar-refractivity contribution < 1.29 is 9.53 Å². The average molecular weight is 408 g/mol. The normalized spacial score (nSPS) is 24.2. The van der Waals surface area contributed by atoms with Crippen LogP contribution in [-0.2, 0) is 16.0 Å². The molecule has 4 nitrogen and oxygen atoms in total. The summed E-state index contributed by atoms with van der Waals surface area (Å²) in [6.45, 7) is 2.07. The maximum absolute atomic E-state index is 12.5. The molecule has 3 rings (SSSR count). The first-order valence-corrected chi connectivity index (χ1v) is 9.40. The van der Waals surface area contributed by atoms with E-state index in [2.05, 4.69) is 0 Å². The summed E-state index contributed by atoms with van der Waals surface area (Å²) in [6, 6.07) is 5.61. The molecule has 140 valence electrons. The highest BCUT2D eigenvalue weighted by molar-refractivity contribution is 6.33. The van der Waals surface area contributed by atoms with Gasteiger partial charge in [0.1, 0.15) is 6.10 Å². The molecule has 0 bridgehead atoms. The second-order valence-corrected chi connectivity index (χ2v) is 7.61. The molecule has 0 spiro atoms. The van der Waals surface area contributed by atoms with Crippen LogP contribution in [0.25, 0.3) is 0 Å². The fourth-order valence-corrected chi connectivity index (χ4v) is 4.02. The number of nitrogens with two attached hydrogens (primary N) is 1. The highest BCUT2D eigenvalue weighted by atomic mass is 35.5. The zero-order valence-corrected chi connectivity index (χ0v) is 16.5. The van der Waals surface area contributed by atoms with Gasteiger partial charge in [-0.05, 0) is 61.8 Å². The summed E-state index contributed by atoms with van der Waals surface area (Å²) in [5, 5.41) is 1.49. The van der Waals surface area contributed by atoms with E-state index in [1.165, 1.54) is 0 Å². The number of ether oxygens (including phenoxy) is 1. The lowest BCUT2D eigenvalue weighted by molar-refractivity contribution is -0.144. The van der Waals surface area contributed by atoms with Gasteiger partial charge < -0.3 is 15.4 Å². The van der Waals surface area contributed by atoms with Crippen LogP contribution in [0, 0.1) is 5.92 Å². The van der Waals surface area contributed by atoms with Gasteiger partial charge in [0.2, 0.25) is 0 Å². The number of nitrogens with zero attached hydrogens (tertiary/aromatic N) is 1. The van der Waals surface area contributed by atoms with Crippen LogP contribution in [0.2, 0.25) is 10.0 Å². The summed E-state index contributed by atoms with van der Waals surface area (Å²) in [4.78, 5) is 14.5. The minimum absolute atomic E-state index is 0. The van der Waals surface area contributed by atoms with Crippen LogP contribution in [0.5, 0.6) is 0 Å². The van der Waals surface area contributed by atoms with Crippen molar-refractivity contribution in [2.75, 3.05) is 19.6 Å². The molecule has 0 unspecified atom stereocenters. The van der Waals surface area contributed by atoms with E-state index in [-0.39, 0.29) is 30.5 Å². The molecule has 0 saturated carbocycles. The molecule has 2 aliphatic heterocycles. The Morgan fingerprint density at radius 1 is 1.20 bits per heavy atom. The van der Waals surface area contributed by atoms with Crippen molar-refractivity contribution in [1.82, 2.24) is 4.90 Å². The first kappa shape index (κ1) is 20.8. The van der Waals surface area contributed by atoms with Crippen LogP contribution >= 0.6 is 35.6 Å². The standard InChI is InChI=1S/C18H24Cl2N2O2.ClH/c19-14-1-3-16(20)13(10-14)9-12-5-7-22(8-6-12)18(23)17-4-2-15(11-21)24-17;/h1,3,10,12,15,17H,2,4-9,11,21H2;1H/t15-,17+;/m1./s1. The average Bonchev–Trinajstić information content (AvgIpc) is 3.07. The van der Waals surface area contributed by atoms with Crippen LogP contribution in [0.3, 0.4) is 0 Å². The number of rotatable bonds is 4. The van der Waals surface area contributed by atoms with E-state index >= 15 is 0 Å². The summed E-state index contributed by atoms with van der Waals surface area (Å²) in [5.74, 6) is 0.663. The maximum Gasteiger partial charge on any atom is 0.251 e. The van der Waals surface area contributed by atoms with Gasteiger partial charge in [-0.25, -0.2) is 0 Å². The lowest BCUT2D eigenvalue weighted by Crippen LogP contribution is -2.44. The highest BCUT2D eigenvalue weighted by Crippen LogP contribution is 2.29. The Kier molecular flexibility index (Phi) is 7.84. The fraction of sp³-hybridized carbons (Fsp3) is 0.611. The van der Waals surface area contributed by atoms with E-state index in [0.717, 1.165) is 60.8 Å². The number of piperidine rings is 1. The Bertz CT molecular complexity index is 592. The van der Waals surface area contributed by atoms with Gasteiger partial charge in [0.05, 0.1) is 6.10 Å². The van der Waals surface area contributed by atoms with Gasteiger partial charge in [-0.3, -0.25) is 4.79 Å². The van der Waals surface area contributed by atoms with Gasteiger partial charge in [-0.15, -0.1) is 12.4 Å². The smallest absolute Gasteiger partial charge is 0.251 e. The molecular formula is C18H25Cl3N2O2. The molecule has 0 aromatic heterocycles. The molecule has 0 aliphatic carbocycles. The summed E-state index contributed by atoms with van der Waals surface area (Å²) in [5.41, 5.74) is 6.71. The van der Waals surface area contributed by atoms with Crippen LogP contribution in [-0.4, -0.2) is 42.6 Å². The van der Waals surface area contributed by atoms with Crippen molar-refractivity contribution in [1.29, 1.82) is 0 Å². The second kappa shape index (κ2) is 9.43. The predicted molar refractivity (Wildman–Crippen MR) is 104 cm³/mol. The monoisotopic (exact) mass is 406 g/mol. The molecule has 2 aliphatic rings. The maximum atomic E-state index is 12.5. The summed E-state index contributed by atoms with van der Waals surface area (Å²) < 4.78 is 5.73. The van der Waals surface area contributed by atoms with E-state index in [0.29, 0.717) is 12.5 Å². The van der Waals surface area contributed by atoms with Crippen LogP contribution in [0.15, 0.2) is 18.2 Å². The largest absolute Gasteiger partial charge is 0.364 e. The number of amides is 1. The van der Waals surface area contributed by atoms with Gasteiger partial charge in [-0.1, -0.05) is 23.2 Å². The zero-order valence-electron chi connectivity index (χ0n) is 14.1. The lowest BCUT2D eigenvalue weighted by Gasteiger charge is -2.33. The minimum atomic E-state index is -0.294. The van der Waals surface area contributed by atoms with E-state index in [1.807, 2.05) is 23.1 Å². The summed E-state index contributed by atoms with van der Waals surface area (Å²) in [6.07, 6.45) is 4.31. The van der Waals surface area contributed by atoms with Crippen molar-refractivity contribution in [3.63, 3.8) is 0 Å². The molecule has 2 saturated heterocycles. The van der Waals surface area contributed by atoms with Crippen molar-refractivity contribution in [2.45, 2.75) is 44.3 Å². The SMILES string of the molecule is Cl.NC[C@H]1CC[C@@H](C(=O)N2CCC(Cc3cc(Cl)ccc3Cl)CC2)O1. The van der Waals surface area contributed by atoms with Crippen LogP contribution < -0.4 is 5.73 Å². The number of hydrogen-bond acceptors (Lipinski definition) is 3. The van der Waals surface area contributed by atoms with E-state index in [4.69, 9.17) is 33.7 Å². The Hall–Kier alpha value is -0.520.